The molecule has 3 heterocycles. The van der Waals surface area contributed by atoms with Gasteiger partial charge < -0.3 is 0 Å². The number of allylic oxidation sites excluding steroid dienone is 4. The summed E-state index contributed by atoms with van der Waals surface area (Å²) in [7, 11) is 0. The van der Waals surface area contributed by atoms with Gasteiger partial charge in [0.2, 0.25) is 0 Å². The van der Waals surface area contributed by atoms with E-state index in [1.807, 2.05) is 0 Å². The van der Waals surface area contributed by atoms with E-state index >= 15 is 0 Å². The SMILES string of the molecule is C1=CCCC(N2c3nccnc3N(c3ccccc3)C23N(c2ccccc2)c2ccccc2N3c2ccccc2)=C1. The largest absolute Gasteiger partial charge is 0.298 e. The number of nitrogens with zero attached hydrogens (tertiary/aromatic N) is 6. The van der Waals surface area contributed by atoms with E-state index in [9.17, 15) is 0 Å². The second-order valence-corrected chi connectivity index (χ2v) is 10.3. The molecule has 0 radical (unpaired) electrons. The van der Waals surface area contributed by atoms with E-state index in [0.717, 1.165) is 52.9 Å². The maximum Gasteiger partial charge on any atom is 0.298 e. The predicted octanol–water partition coefficient (Wildman–Crippen LogP) is 8.27. The molecular formula is C35H28N6. The number of rotatable bonds is 4. The Morgan fingerprint density at radius 3 is 1.46 bits per heavy atom. The van der Waals surface area contributed by atoms with Crippen LogP contribution in [0.5, 0.6) is 0 Å². The van der Waals surface area contributed by atoms with E-state index in [2.05, 4.69) is 153 Å². The number of aromatic nitrogens is 2. The first-order valence-electron chi connectivity index (χ1n) is 14.0. The molecule has 1 spiro atoms. The summed E-state index contributed by atoms with van der Waals surface area (Å²) in [6.07, 6.45) is 12.1. The number of anilines is 7. The maximum atomic E-state index is 5.03. The lowest BCUT2D eigenvalue weighted by Crippen LogP contribution is -2.71. The Morgan fingerprint density at radius 2 is 0.976 bits per heavy atom. The zero-order chi connectivity index (χ0) is 27.2. The predicted molar refractivity (Wildman–Crippen MR) is 166 cm³/mol. The monoisotopic (exact) mass is 532 g/mol. The third-order valence-electron chi connectivity index (χ3n) is 7.97. The summed E-state index contributed by atoms with van der Waals surface area (Å²) in [5.41, 5.74) is 6.57. The van der Waals surface area contributed by atoms with Crippen LogP contribution in [0.4, 0.5) is 40.1 Å². The highest BCUT2D eigenvalue weighted by molar-refractivity contribution is 5.99. The van der Waals surface area contributed by atoms with Gasteiger partial charge in [-0.25, -0.2) is 9.97 Å². The van der Waals surface area contributed by atoms with E-state index in [4.69, 9.17) is 9.97 Å². The number of hydrogen-bond donors (Lipinski definition) is 0. The molecule has 0 amide bonds. The lowest BCUT2D eigenvalue weighted by atomic mass is 10.1. The third-order valence-corrected chi connectivity index (χ3v) is 7.97. The fourth-order valence-electron chi connectivity index (χ4n) is 6.44. The van der Waals surface area contributed by atoms with Crippen molar-refractivity contribution < 1.29 is 0 Å². The van der Waals surface area contributed by atoms with Gasteiger partial charge in [0.15, 0.2) is 11.6 Å². The van der Waals surface area contributed by atoms with Crippen LogP contribution in [0.2, 0.25) is 0 Å². The van der Waals surface area contributed by atoms with Crippen LogP contribution in [0.15, 0.2) is 152 Å². The van der Waals surface area contributed by atoms with Crippen LogP contribution < -0.4 is 19.6 Å². The Kier molecular flexibility index (Phi) is 5.38. The van der Waals surface area contributed by atoms with Crippen molar-refractivity contribution >= 4 is 40.1 Å². The molecule has 198 valence electrons. The van der Waals surface area contributed by atoms with Gasteiger partial charge in [-0.3, -0.25) is 19.6 Å². The average Bonchev–Trinajstić information content (AvgIpc) is 3.51. The Hall–Kier alpha value is -5.36. The Morgan fingerprint density at radius 1 is 0.512 bits per heavy atom. The van der Waals surface area contributed by atoms with Crippen LogP contribution >= 0.6 is 0 Å². The second-order valence-electron chi connectivity index (χ2n) is 10.3. The van der Waals surface area contributed by atoms with E-state index in [1.165, 1.54) is 5.70 Å². The van der Waals surface area contributed by atoms with Gasteiger partial charge in [0.1, 0.15) is 0 Å². The van der Waals surface area contributed by atoms with Crippen molar-refractivity contribution in [3.63, 3.8) is 0 Å². The van der Waals surface area contributed by atoms with E-state index < -0.39 is 5.91 Å². The summed E-state index contributed by atoms with van der Waals surface area (Å²) < 4.78 is 0. The lowest BCUT2D eigenvalue weighted by molar-refractivity contribution is 0.458. The normalized spacial score (nSPS) is 16.6. The van der Waals surface area contributed by atoms with Crippen LogP contribution in [-0.2, 0) is 0 Å². The van der Waals surface area contributed by atoms with Crippen LogP contribution in [-0.4, -0.2) is 15.9 Å². The molecule has 0 unspecified atom stereocenters. The minimum Gasteiger partial charge on any atom is -0.280 e. The van der Waals surface area contributed by atoms with Gasteiger partial charge in [-0.2, -0.15) is 0 Å². The first kappa shape index (κ1) is 23.5. The standard InChI is InChI=1S/C35H28N6/c1-5-15-27(16-6-1)38-31-23-13-14-24-32(31)39(28-17-7-2-8-18-28)35(38)40(29-19-9-3-10-20-29)33-34(37-26-25-36-33)41(35)30-21-11-4-12-22-30/h1-11,13-21,23-26H,12,22H2. The quantitative estimate of drug-likeness (QED) is 0.232. The Labute approximate surface area is 239 Å². The second kappa shape index (κ2) is 9.38. The minimum absolute atomic E-state index is 0.809. The number of benzene rings is 4. The van der Waals surface area contributed by atoms with Gasteiger partial charge in [-0.15, -0.1) is 0 Å². The van der Waals surface area contributed by atoms with E-state index in [0.29, 0.717) is 0 Å². The van der Waals surface area contributed by atoms with Gasteiger partial charge in [0.05, 0.1) is 11.4 Å². The molecule has 1 aliphatic carbocycles. The van der Waals surface area contributed by atoms with E-state index in [1.54, 1.807) is 12.4 Å². The third kappa shape index (κ3) is 3.37. The molecule has 3 aliphatic rings. The summed E-state index contributed by atoms with van der Waals surface area (Å²) in [6.45, 7) is 0. The summed E-state index contributed by atoms with van der Waals surface area (Å²) in [5, 5.41) is 0. The van der Waals surface area contributed by atoms with Gasteiger partial charge >= 0.3 is 0 Å². The molecule has 8 rings (SSSR count). The molecule has 4 aromatic carbocycles. The average molecular weight is 533 g/mol. The molecule has 0 fully saturated rings. The number of para-hydroxylation sites is 5. The zero-order valence-electron chi connectivity index (χ0n) is 22.5. The van der Waals surface area contributed by atoms with Crippen molar-refractivity contribution in [2.24, 2.45) is 0 Å². The number of hydrogen-bond acceptors (Lipinski definition) is 6. The smallest absolute Gasteiger partial charge is 0.280 e. The molecule has 1 aromatic heterocycles. The van der Waals surface area contributed by atoms with Crippen molar-refractivity contribution in [1.29, 1.82) is 0 Å². The topological polar surface area (TPSA) is 38.7 Å². The highest BCUT2D eigenvalue weighted by Gasteiger charge is 2.66. The minimum atomic E-state index is -0.950. The summed E-state index contributed by atoms with van der Waals surface area (Å²) in [6, 6.07) is 40.5. The molecule has 2 aliphatic heterocycles. The molecular weight excluding hydrogens is 504 g/mol. The molecule has 0 saturated heterocycles. The molecule has 5 aromatic rings. The van der Waals surface area contributed by atoms with Crippen molar-refractivity contribution in [1.82, 2.24) is 9.97 Å². The highest BCUT2D eigenvalue weighted by atomic mass is 15.8. The Balaban J connectivity index is 1.55. The van der Waals surface area contributed by atoms with E-state index in [-0.39, 0.29) is 0 Å². The molecule has 0 bridgehead atoms. The van der Waals surface area contributed by atoms with Gasteiger partial charge in [-0.1, -0.05) is 78.9 Å². The fourth-order valence-corrected chi connectivity index (χ4v) is 6.44. The van der Waals surface area contributed by atoms with Gasteiger partial charge in [-0.05, 0) is 67.4 Å². The molecule has 0 saturated carbocycles. The zero-order valence-corrected chi connectivity index (χ0v) is 22.5. The summed E-state index contributed by atoms with van der Waals surface area (Å²) >= 11 is 0. The van der Waals surface area contributed by atoms with Crippen molar-refractivity contribution in [2.45, 2.75) is 18.8 Å². The molecule has 0 atom stereocenters. The van der Waals surface area contributed by atoms with Crippen molar-refractivity contribution in [2.75, 3.05) is 19.6 Å². The highest BCUT2D eigenvalue weighted by Crippen LogP contribution is 2.62. The molecule has 41 heavy (non-hydrogen) atoms. The van der Waals surface area contributed by atoms with Crippen LogP contribution in [0, 0.1) is 0 Å². The fraction of sp³-hybridized carbons (Fsp3) is 0.0857. The lowest BCUT2D eigenvalue weighted by Gasteiger charge is -2.53. The molecule has 0 N–H and O–H groups in total. The van der Waals surface area contributed by atoms with Crippen molar-refractivity contribution in [3.8, 4) is 0 Å². The Bertz CT molecular complexity index is 1640. The van der Waals surface area contributed by atoms with Crippen LogP contribution in [0.3, 0.4) is 0 Å². The summed E-state index contributed by atoms with van der Waals surface area (Å²) in [4.78, 5) is 19.7. The molecule has 6 heteroatoms. The molecule has 6 nitrogen and oxygen atoms in total. The number of fused-ring (bicyclic) bond motifs is 2. The first-order valence-corrected chi connectivity index (χ1v) is 14.0. The summed E-state index contributed by atoms with van der Waals surface area (Å²) in [5.74, 6) is 0.686. The van der Waals surface area contributed by atoms with Crippen molar-refractivity contribution in [3.05, 3.63) is 152 Å². The maximum absolute atomic E-state index is 5.03. The first-order chi connectivity index (χ1) is 20.4. The van der Waals surface area contributed by atoms with Crippen LogP contribution in [0.25, 0.3) is 0 Å². The van der Waals surface area contributed by atoms with Gasteiger partial charge in [0, 0.05) is 35.2 Å². The van der Waals surface area contributed by atoms with Crippen LogP contribution in [0.1, 0.15) is 12.8 Å². The van der Waals surface area contributed by atoms with Gasteiger partial charge in [0.25, 0.3) is 5.91 Å².